The number of nitrogens with zero attached hydrogens (tertiary/aromatic N) is 2. The summed E-state index contributed by atoms with van der Waals surface area (Å²) in [6, 6.07) is 1.87. The lowest BCUT2D eigenvalue weighted by Crippen LogP contribution is -2.40. The molecule has 1 saturated heterocycles. The Bertz CT molecular complexity index is 424. The molecule has 1 amide bonds. The second-order valence-electron chi connectivity index (χ2n) is 5.12. The second-order valence-corrected chi connectivity index (χ2v) is 5.12. The van der Waals surface area contributed by atoms with Gasteiger partial charge in [-0.3, -0.25) is 9.78 Å². The summed E-state index contributed by atoms with van der Waals surface area (Å²) in [5.74, 6) is 0.375. The first-order chi connectivity index (χ1) is 8.58. The third kappa shape index (κ3) is 2.88. The zero-order valence-corrected chi connectivity index (χ0v) is 11.0. The highest BCUT2D eigenvalue weighted by atomic mass is 16.3. The molecule has 4 nitrogen and oxygen atoms in total. The van der Waals surface area contributed by atoms with Gasteiger partial charge >= 0.3 is 0 Å². The molecule has 1 fully saturated rings. The van der Waals surface area contributed by atoms with E-state index in [0.717, 1.165) is 31.5 Å². The van der Waals surface area contributed by atoms with E-state index in [1.54, 1.807) is 12.4 Å². The maximum atomic E-state index is 12.3. The Morgan fingerprint density at radius 1 is 1.44 bits per heavy atom. The maximum Gasteiger partial charge on any atom is 0.255 e. The van der Waals surface area contributed by atoms with Crippen molar-refractivity contribution in [2.45, 2.75) is 32.8 Å². The third-order valence-corrected chi connectivity index (χ3v) is 3.63. The van der Waals surface area contributed by atoms with Gasteiger partial charge in [-0.15, -0.1) is 0 Å². The molecular formula is C14H20N2O2. The van der Waals surface area contributed by atoms with Crippen LogP contribution in [0.1, 0.15) is 35.7 Å². The molecule has 0 radical (unpaired) electrons. The van der Waals surface area contributed by atoms with Gasteiger partial charge in [0.2, 0.25) is 0 Å². The predicted molar refractivity (Wildman–Crippen MR) is 69.3 cm³/mol. The summed E-state index contributed by atoms with van der Waals surface area (Å²) in [5.41, 5.74) is 1.66. The lowest BCUT2D eigenvalue weighted by molar-refractivity contribution is 0.0521. The molecule has 2 heterocycles. The molecule has 1 aromatic rings. The first kappa shape index (κ1) is 13.0. The fourth-order valence-corrected chi connectivity index (χ4v) is 2.44. The van der Waals surface area contributed by atoms with Crippen LogP contribution >= 0.6 is 0 Å². The zero-order chi connectivity index (χ0) is 13.1. The van der Waals surface area contributed by atoms with Crippen LogP contribution in [0.25, 0.3) is 0 Å². The van der Waals surface area contributed by atoms with Gasteiger partial charge in [0, 0.05) is 25.5 Å². The summed E-state index contributed by atoms with van der Waals surface area (Å²) in [7, 11) is 0. The normalized spacial score (nSPS) is 18.7. The minimum Gasteiger partial charge on any atom is -0.393 e. The van der Waals surface area contributed by atoms with E-state index in [1.807, 2.05) is 24.8 Å². The average Bonchev–Trinajstić information content (AvgIpc) is 2.38. The number of aliphatic hydroxyl groups is 1. The quantitative estimate of drug-likeness (QED) is 0.865. The Morgan fingerprint density at radius 3 is 2.67 bits per heavy atom. The Hall–Kier alpha value is -1.42. The lowest BCUT2D eigenvalue weighted by Gasteiger charge is -2.33. The van der Waals surface area contributed by atoms with Crippen molar-refractivity contribution in [3.05, 3.63) is 29.6 Å². The van der Waals surface area contributed by atoms with Gasteiger partial charge in [0.25, 0.3) is 5.91 Å². The summed E-state index contributed by atoms with van der Waals surface area (Å²) in [6.07, 6.45) is 4.85. The second kappa shape index (κ2) is 5.48. The van der Waals surface area contributed by atoms with E-state index in [1.165, 1.54) is 0 Å². The number of aliphatic hydroxyl groups excluding tert-OH is 1. The van der Waals surface area contributed by atoms with Gasteiger partial charge in [0.15, 0.2) is 0 Å². The summed E-state index contributed by atoms with van der Waals surface area (Å²) < 4.78 is 0. The van der Waals surface area contributed by atoms with E-state index < -0.39 is 0 Å². The molecule has 0 aliphatic carbocycles. The van der Waals surface area contributed by atoms with E-state index in [4.69, 9.17) is 0 Å². The van der Waals surface area contributed by atoms with Gasteiger partial charge in [-0.25, -0.2) is 0 Å². The van der Waals surface area contributed by atoms with Crippen LogP contribution in [0.3, 0.4) is 0 Å². The molecular weight excluding hydrogens is 228 g/mol. The van der Waals surface area contributed by atoms with Crippen LogP contribution < -0.4 is 0 Å². The molecule has 1 atom stereocenters. The number of aryl methyl sites for hydroxylation is 1. The van der Waals surface area contributed by atoms with E-state index in [-0.39, 0.29) is 12.0 Å². The van der Waals surface area contributed by atoms with E-state index in [9.17, 15) is 9.90 Å². The molecule has 1 aromatic heterocycles. The van der Waals surface area contributed by atoms with Gasteiger partial charge in [-0.1, -0.05) is 0 Å². The van der Waals surface area contributed by atoms with Crippen LogP contribution in [-0.4, -0.2) is 40.1 Å². The lowest BCUT2D eigenvalue weighted by atomic mass is 9.92. The van der Waals surface area contributed by atoms with Gasteiger partial charge < -0.3 is 10.0 Å². The van der Waals surface area contributed by atoms with Crippen molar-refractivity contribution >= 4 is 5.91 Å². The van der Waals surface area contributed by atoms with E-state index >= 15 is 0 Å². The van der Waals surface area contributed by atoms with E-state index in [2.05, 4.69) is 4.98 Å². The number of pyridine rings is 1. The largest absolute Gasteiger partial charge is 0.393 e. The first-order valence-corrected chi connectivity index (χ1v) is 6.47. The number of carbonyl (C=O) groups excluding carboxylic acids is 1. The topological polar surface area (TPSA) is 53.4 Å². The van der Waals surface area contributed by atoms with Crippen molar-refractivity contribution in [2.24, 2.45) is 5.92 Å². The van der Waals surface area contributed by atoms with Crippen molar-refractivity contribution in [1.82, 2.24) is 9.88 Å². The summed E-state index contributed by atoms with van der Waals surface area (Å²) in [6.45, 7) is 5.21. The molecule has 0 saturated carbocycles. The highest BCUT2D eigenvalue weighted by Crippen LogP contribution is 2.21. The van der Waals surface area contributed by atoms with Gasteiger partial charge in [-0.05, 0) is 44.2 Å². The van der Waals surface area contributed by atoms with Gasteiger partial charge in [0.05, 0.1) is 11.7 Å². The van der Waals surface area contributed by atoms with Crippen molar-refractivity contribution in [1.29, 1.82) is 0 Å². The monoisotopic (exact) mass is 248 g/mol. The minimum atomic E-state index is -0.275. The van der Waals surface area contributed by atoms with Crippen LogP contribution in [0.4, 0.5) is 0 Å². The Morgan fingerprint density at radius 2 is 2.11 bits per heavy atom. The number of piperidine rings is 1. The number of carbonyl (C=O) groups is 1. The molecule has 1 N–H and O–H groups in total. The van der Waals surface area contributed by atoms with Crippen molar-refractivity contribution in [2.75, 3.05) is 13.1 Å². The molecule has 4 heteroatoms. The summed E-state index contributed by atoms with van der Waals surface area (Å²) in [5, 5.41) is 9.54. The standard InChI is InChI=1S/C14H20N2O2/c1-10-7-13(9-15-8-10)14(18)16-5-3-12(4-6-16)11(2)17/h7-9,11-12,17H,3-6H2,1-2H3. The molecule has 0 bridgehead atoms. The SMILES string of the molecule is Cc1cncc(C(=O)N2CCC(C(C)O)CC2)c1. The molecule has 1 aliphatic heterocycles. The number of rotatable bonds is 2. The number of likely N-dealkylation sites (tertiary alicyclic amines) is 1. The van der Waals surface area contributed by atoms with Crippen LogP contribution in [0.5, 0.6) is 0 Å². The number of aromatic nitrogens is 1. The third-order valence-electron chi connectivity index (χ3n) is 3.63. The molecule has 1 unspecified atom stereocenters. The van der Waals surface area contributed by atoms with Crippen molar-refractivity contribution in [3.63, 3.8) is 0 Å². The molecule has 0 aromatic carbocycles. The van der Waals surface area contributed by atoms with Gasteiger partial charge in [0.1, 0.15) is 0 Å². The van der Waals surface area contributed by atoms with Crippen LogP contribution in [0, 0.1) is 12.8 Å². The number of hydrogen-bond donors (Lipinski definition) is 1. The average molecular weight is 248 g/mol. The van der Waals surface area contributed by atoms with Crippen molar-refractivity contribution in [3.8, 4) is 0 Å². The molecule has 1 aliphatic rings. The van der Waals surface area contributed by atoms with Gasteiger partial charge in [-0.2, -0.15) is 0 Å². The van der Waals surface area contributed by atoms with E-state index in [0.29, 0.717) is 11.5 Å². The van der Waals surface area contributed by atoms with Crippen LogP contribution in [0.15, 0.2) is 18.5 Å². The van der Waals surface area contributed by atoms with Crippen LogP contribution in [0.2, 0.25) is 0 Å². The Balaban J connectivity index is 1.99. The number of hydrogen-bond acceptors (Lipinski definition) is 3. The molecule has 98 valence electrons. The predicted octanol–water partition coefficient (Wildman–Crippen LogP) is 1.62. The highest BCUT2D eigenvalue weighted by molar-refractivity contribution is 5.94. The zero-order valence-electron chi connectivity index (χ0n) is 11.0. The Labute approximate surface area is 108 Å². The summed E-state index contributed by atoms with van der Waals surface area (Å²) >= 11 is 0. The van der Waals surface area contributed by atoms with Crippen molar-refractivity contribution < 1.29 is 9.90 Å². The summed E-state index contributed by atoms with van der Waals surface area (Å²) in [4.78, 5) is 18.2. The molecule has 0 spiro atoms. The van der Waals surface area contributed by atoms with Crippen LogP contribution in [-0.2, 0) is 0 Å². The highest BCUT2D eigenvalue weighted by Gasteiger charge is 2.26. The maximum absolute atomic E-state index is 12.3. The fourth-order valence-electron chi connectivity index (χ4n) is 2.44. The molecule has 2 rings (SSSR count). The number of amides is 1. The molecule has 18 heavy (non-hydrogen) atoms. The fraction of sp³-hybridized carbons (Fsp3) is 0.571. The minimum absolute atomic E-state index is 0.0512. The first-order valence-electron chi connectivity index (χ1n) is 6.47. The smallest absolute Gasteiger partial charge is 0.255 e. The Kier molecular flexibility index (Phi) is 3.97.